The van der Waals surface area contributed by atoms with Gasteiger partial charge in [-0.2, -0.15) is 13.2 Å². The zero-order chi connectivity index (χ0) is 14.8. The average Bonchev–Trinajstić information content (AvgIpc) is 2.38. The highest BCUT2D eigenvalue weighted by Gasteiger charge is 2.45. The molecule has 112 valence electrons. The minimum atomic E-state index is -4.09. The van der Waals surface area contributed by atoms with Crippen LogP contribution in [0.4, 0.5) is 13.2 Å². The molecule has 0 radical (unpaired) electrons. The zero-order valence-corrected chi connectivity index (χ0v) is 12.0. The van der Waals surface area contributed by atoms with Gasteiger partial charge in [0.25, 0.3) is 0 Å². The Labute approximate surface area is 118 Å². The highest BCUT2D eigenvalue weighted by atomic mass is 19.4. The molecule has 1 saturated carbocycles. The van der Waals surface area contributed by atoms with Crippen molar-refractivity contribution in [2.75, 3.05) is 0 Å². The molecular formula is C16H22F3N. The highest BCUT2D eigenvalue weighted by Crippen LogP contribution is 2.38. The monoisotopic (exact) mass is 285 g/mol. The third-order valence-electron chi connectivity index (χ3n) is 4.31. The maximum atomic E-state index is 13.1. The van der Waals surface area contributed by atoms with E-state index in [1.165, 1.54) is 0 Å². The van der Waals surface area contributed by atoms with Crippen LogP contribution in [0, 0.1) is 12.8 Å². The van der Waals surface area contributed by atoms with Gasteiger partial charge in [-0.3, -0.25) is 0 Å². The summed E-state index contributed by atoms with van der Waals surface area (Å²) in [6.07, 6.45) is -1.67. The van der Waals surface area contributed by atoms with Gasteiger partial charge in [-0.15, -0.1) is 0 Å². The van der Waals surface area contributed by atoms with E-state index in [9.17, 15) is 13.2 Å². The van der Waals surface area contributed by atoms with E-state index in [2.05, 4.69) is 5.32 Å². The normalized spacial score (nSPS) is 25.4. The van der Waals surface area contributed by atoms with Gasteiger partial charge in [-0.25, -0.2) is 0 Å². The smallest absolute Gasteiger partial charge is 0.307 e. The molecule has 1 N–H and O–H groups in total. The number of alkyl halides is 3. The number of halogens is 3. The third kappa shape index (κ3) is 3.54. The highest BCUT2D eigenvalue weighted by molar-refractivity contribution is 5.28. The van der Waals surface area contributed by atoms with Gasteiger partial charge in [0, 0.05) is 12.1 Å². The number of rotatable bonds is 3. The van der Waals surface area contributed by atoms with Gasteiger partial charge in [-0.05, 0) is 37.8 Å². The molecule has 0 saturated heterocycles. The molecule has 20 heavy (non-hydrogen) atoms. The molecule has 0 bridgehead atoms. The van der Waals surface area contributed by atoms with Crippen LogP contribution in [0.5, 0.6) is 0 Å². The summed E-state index contributed by atoms with van der Waals surface area (Å²) in [5.74, 6) is -1.21. The molecule has 4 heteroatoms. The molecule has 1 aromatic carbocycles. The van der Waals surface area contributed by atoms with Gasteiger partial charge in [0.2, 0.25) is 0 Å². The lowest BCUT2D eigenvalue weighted by atomic mass is 9.83. The largest absolute Gasteiger partial charge is 0.393 e. The Hall–Kier alpha value is -1.03. The van der Waals surface area contributed by atoms with E-state index in [0.717, 1.165) is 17.5 Å². The molecule has 0 spiro atoms. The summed E-state index contributed by atoms with van der Waals surface area (Å²) >= 11 is 0. The summed E-state index contributed by atoms with van der Waals surface area (Å²) in [7, 11) is 0. The second-order valence-electron chi connectivity index (χ2n) is 5.78. The maximum absolute atomic E-state index is 13.1. The third-order valence-corrected chi connectivity index (χ3v) is 4.31. The van der Waals surface area contributed by atoms with Crippen molar-refractivity contribution in [3.8, 4) is 0 Å². The molecule has 1 nitrogen and oxygen atoms in total. The van der Waals surface area contributed by atoms with E-state index < -0.39 is 18.1 Å². The molecule has 1 fully saturated rings. The molecule has 0 aromatic heterocycles. The predicted octanol–water partition coefficient (Wildman–Crippen LogP) is 4.77. The summed E-state index contributed by atoms with van der Waals surface area (Å²) in [6.45, 7) is 3.94. The van der Waals surface area contributed by atoms with Crippen LogP contribution in [-0.4, -0.2) is 12.2 Å². The summed E-state index contributed by atoms with van der Waals surface area (Å²) in [5.41, 5.74) is 2.20. The fourth-order valence-corrected chi connectivity index (χ4v) is 3.21. The van der Waals surface area contributed by atoms with Crippen molar-refractivity contribution in [1.29, 1.82) is 0 Å². The number of hydrogen-bond acceptors (Lipinski definition) is 1. The molecule has 0 aliphatic heterocycles. The molecule has 1 aliphatic rings. The van der Waals surface area contributed by atoms with Crippen molar-refractivity contribution < 1.29 is 13.2 Å². The quantitative estimate of drug-likeness (QED) is 0.843. The SMILES string of the molecule is Cc1ccccc1[C@@H](C)NC1CCCCC1C(F)(F)F. The first-order valence-electron chi connectivity index (χ1n) is 7.28. The Kier molecular flexibility index (Phi) is 4.74. The zero-order valence-electron chi connectivity index (χ0n) is 12.0. The minimum absolute atomic E-state index is 0.0517. The Bertz CT molecular complexity index is 442. The second-order valence-corrected chi connectivity index (χ2v) is 5.78. The van der Waals surface area contributed by atoms with Crippen molar-refractivity contribution in [3.05, 3.63) is 35.4 Å². The van der Waals surface area contributed by atoms with Crippen LogP contribution in [0.2, 0.25) is 0 Å². The molecule has 1 aromatic rings. The van der Waals surface area contributed by atoms with Gasteiger partial charge in [0.1, 0.15) is 0 Å². The minimum Gasteiger partial charge on any atom is -0.307 e. The Morgan fingerprint density at radius 2 is 1.80 bits per heavy atom. The van der Waals surface area contributed by atoms with Gasteiger partial charge >= 0.3 is 6.18 Å². The van der Waals surface area contributed by atoms with Gasteiger partial charge < -0.3 is 5.32 Å². The fourth-order valence-electron chi connectivity index (χ4n) is 3.21. The van der Waals surface area contributed by atoms with Crippen LogP contribution in [0.1, 0.15) is 49.8 Å². The summed E-state index contributed by atoms with van der Waals surface area (Å²) in [4.78, 5) is 0. The van der Waals surface area contributed by atoms with Gasteiger partial charge in [0.05, 0.1) is 5.92 Å². The van der Waals surface area contributed by atoms with Crippen LogP contribution < -0.4 is 5.32 Å². The van der Waals surface area contributed by atoms with E-state index in [0.29, 0.717) is 12.8 Å². The van der Waals surface area contributed by atoms with Crippen molar-refractivity contribution in [1.82, 2.24) is 5.32 Å². The topological polar surface area (TPSA) is 12.0 Å². The predicted molar refractivity (Wildman–Crippen MR) is 74.5 cm³/mol. The number of benzene rings is 1. The lowest BCUT2D eigenvalue weighted by molar-refractivity contribution is -0.189. The van der Waals surface area contributed by atoms with Crippen LogP contribution in [0.3, 0.4) is 0 Å². The first-order valence-corrected chi connectivity index (χ1v) is 7.28. The second kappa shape index (κ2) is 6.17. The van der Waals surface area contributed by atoms with Crippen molar-refractivity contribution in [3.63, 3.8) is 0 Å². The average molecular weight is 285 g/mol. The van der Waals surface area contributed by atoms with Gasteiger partial charge in [0.15, 0.2) is 0 Å². The Balaban J connectivity index is 2.09. The Morgan fingerprint density at radius 3 is 2.45 bits per heavy atom. The van der Waals surface area contributed by atoms with Crippen LogP contribution in [0.25, 0.3) is 0 Å². The summed E-state index contributed by atoms with van der Waals surface area (Å²) in [6, 6.07) is 7.35. The van der Waals surface area contributed by atoms with E-state index in [-0.39, 0.29) is 12.5 Å². The first-order chi connectivity index (χ1) is 9.39. The molecule has 0 amide bonds. The molecule has 3 atom stereocenters. The standard InChI is InChI=1S/C16H22F3N/c1-11-7-3-4-8-13(11)12(2)20-15-10-6-5-9-14(15)16(17,18)19/h3-4,7-8,12,14-15,20H,5-6,9-10H2,1-2H3/t12-,14?,15?/m1/s1. The van der Waals surface area contributed by atoms with Gasteiger partial charge in [-0.1, -0.05) is 37.1 Å². The number of hydrogen-bond donors (Lipinski definition) is 1. The molecule has 0 heterocycles. The van der Waals surface area contributed by atoms with E-state index in [1.54, 1.807) is 0 Å². The Morgan fingerprint density at radius 1 is 1.15 bits per heavy atom. The fraction of sp³-hybridized carbons (Fsp3) is 0.625. The molecular weight excluding hydrogens is 263 g/mol. The molecule has 1 aliphatic carbocycles. The van der Waals surface area contributed by atoms with E-state index in [1.807, 2.05) is 38.1 Å². The lowest BCUT2D eigenvalue weighted by Gasteiger charge is -2.35. The summed E-state index contributed by atoms with van der Waals surface area (Å²) < 4.78 is 39.3. The van der Waals surface area contributed by atoms with Crippen molar-refractivity contribution >= 4 is 0 Å². The molecule has 2 rings (SSSR count). The number of aryl methyl sites for hydroxylation is 1. The lowest BCUT2D eigenvalue weighted by Crippen LogP contribution is -2.46. The first kappa shape index (κ1) is 15.4. The summed E-state index contributed by atoms with van der Waals surface area (Å²) in [5, 5.41) is 3.21. The van der Waals surface area contributed by atoms with E-state index in [4.69, 9.17) is 0 Å². The van der Waals surface area contributed by atoms with Crippen molar-refractivity contribution in [2.45, 2.75) is 57.8 Å². The van der Waals surface area contributed by atoms with Crippen molar-refractivity contribution in [2.24, 2.45) is 5.92 Å². The van der Waals surface area contributed by atoms with E-state index >= 15 is 0 Å². The maximum Gasteiger partial charge on any atom is 0.393 e. The number of nitrogens with one attached hydrogen (secondary N) is 1. The molecule has 2 unspecified atom stereocenters. The van der Waals surface area contributed by atoms with Crippen LogP contribution in [-0.2, 0) is 0 Å². The van der Waals surface area contributed by atoms with Crippen LogP contribution >= 0.6 is 0 Å². The van der Waals surface area contributed by atoms with Crippen LogP contribution in [0.15, 0.2) is 24.3 Å².